The van der Waals surface area contributed by atoms with Gasteiger partial charge in [0.25, 0.3) is 5.91 Å². The Morgan fingerprint density at radius 2 is 1.75 bits per heavy atom. The second-order valence-corrected chi connectivity index (χ2v) is 7.60. The highest BCUT2D eigenvalue weighted by atomic mass is 16.5. The van der Waals surface area contributed by atoms with Gasteiger partial charge in [0.2, 0.25) is 0 Å². The highest BCUT2D eigenvalue weighted by Gasteiger charge is 2.16. The Kier molecular flexibility index (Phi) is 7.46. The summed E-state index contributed by atoms with van der Waals surface area (Å²) in [5, 5.41) is 2.98. The van der Waals surface area contributed by atoms with Crippen LogP contribution in [0.3, 0.4) is 0 Å². The van der Waals surface area contributed by atoms with E-state index in [1.54, 1.807) is 0 Å². The van der Waals surface area contributed by atoms with Gasteiger partial charge in [0.15, 0.2) is 6.61 Å². The van der Waals surface area contributed by atoms with Crippen molar-refractivity contribution < 1.29 is 19.2 Å². The molecule has 0 unspecified atom stereocenters. The predicted molar refractivity (Wildman–Crippen MR) is 110 cm³/mol. The summed E-state index contributed by atoms with van der Waals surface area (Å²) in [6, 6.07) is 16.2. The maximum absolute atomic E-state index is 12.2. The summed E-state index contributed by atoms with van der Waals surface area (Å²) >= 11 is 0. The van der Waals surface area contributed by atoms with Gasteiger partial charge in [-0.25, -0.2) is 0 Å². The van der Waals surface area contributed by atoms with Crippen molar-refractivity contribution in [1.29, 1.82) is 0 Å². The normalized spacial score (nSPS) is 14.8. The number of hydrogen-bond acceptors (Lipinski definition) is 3. The zero-order valence-electron chi connectivity index (χ0n) is 16.9. The zero-order chi connectivity index (χ0) is 19.8. The molecular formula is C23H31N2O3+. The second kappa shape index (κ2) is 10.2. The number of benzene rings is 2. The van der Waals surface area contributed by atoms with Gasteiger partial charge in [0, 0.05) is 12.1 Å². The maximum Gasteiger partial charge on any atom is 0.258 e. The Morgan fingerprint density at radius 1 is 1.07 bits per heavy atom. The Labute approximate surface area is 167 Å². The van der Waals surface area contributed by atoms with Crippen molar-refractivity contribution in [2.45, 2.75) is 32.9 Å². The van der Waals surface area contributed by atoms with Crippen LogP contribution in [0.4, 0.5) is 0 Å². The van der Waals surface area contributed by atoms with Crippen LogP contribution in [0.2, 0.25) is 0 Å². The standard InChI is InChI=1S/C23H30N2O3/c1-18(2)19-7-9-22(10-8-19)28-17-23(26)24-15-20-5-3-4-6-21(20)16-25-11-13-27-14-12-25/h3-10,18H,11-17H2,1-2H3,(H,24,26)/p+1. The van der Waals surface area contributed by atoms with E-state index in [1.807, 2.05) is 30.3 Å². The Morgan fingerprint density at radius 3 is 2.43 bits per heavy atom. The van der Waals surface area contributed by atoms with Crippen molar-refractivity contribution in [3.63, 3.8) is 0 Å². The first-order valence-electron chi connectivity index (χ1n) is 10.1. The number of rotatable bonds is 8. The van der Waals surface area contributed by atoms with E-state index in [0.717, 1.165) is 44.2 Å². The molecule has 0 radical (unpaired) electrons. The second-order valence-electron chi connectivity index (χ2n) is 7.60. The summed E-state index contributed by atoms with van der Waals surface area (Å²) in [4.78, 5) is 13.7. The van der Waals surface area contributed by atoms with Gasteiger partial charge in [-0.15, -0.1) is 0 Å². The summed E-state index contributed by atoms with van der Waals surface area (Å²) in [5.74, 6) is 1.09. The van der Waals surface area contributed by atoms with Crippen LogP contribution in [0, 0.1) is 0 Å². The molecule has 5 heteroatoms. The molecule has 0 aromatic heterocycles. The molecule has 2 aromatic rings. The third-order valence-electron chi connectivity index (χ3n) is 5.15. The largest absolute Gasteiger partial charge is 0.484 e. The molecule has 0 aliphatic carbocycles. The van der Waals surface area contributed by atoms with E-state index < -0.39 is 0 Å². The van der Waals surface area contributed by atoms with Crippen LogP contribution in [0.25, 0.3) is 0 Å². The highest BCUT2D eigenvalue weighted by molar-refractivity contribution is 5.77. The van der Waals surface area contributed by atoms with E-state index in [9.17, 15) is 4.79 Å². The smallest absolute Gasteiger partial charge is 0.258 e. The predicted octanol–water partition coefficient (Wildman–Crippen LogP) is 1.92. The minimum absolute atomic E-state index is 0.0257. The van der Waals surface area contributed by atoms with Gasteiger partial charge in [0.1, 0.15) is 25.4 Å². The zero-order valence-corrected chi connectivity index (χ0v) is 16.9. The number of nitrogens with one attached hydrogen (secondary N) is 2. The van der Waals surface area contributed by atoms with Crippen molar-refractivity contribution in [2.75, 3.05) is 32.9 Å². The lowest BCUT2D eigenvalue weighted by Gasteiger charge is -2.24. The third-order valence-corrected chi connectivity index (χ3v) is 5.15. The minimum atomic E-state index is -0.110. The molecule has 3 rings (SSSR count). The number of hydrogen-bond donors (Lipinski definition) is 2. The van der Waals surface area contributed by atoms with Crippen molar-refractivity contribution in [1.82, 2.24) is 5.32 Å². The number of morpholine rings is 1. The van der Waals surface area contributed by atoms with Crippen LogP contribution in [-0.4, -0.2) is 38.8 Å². The molecular weight excluding hydrogens is 352 g/mol. The Balaban J connectivity index is 1.47. The summed E-state index contributed by atoms with van der Waals surface area (Å²) in [5.41, 5.74) is 3.71. The Bertz CT molecular complexity index is 753. The number of ether oxygens (including phenoxy) is 2. The van der Waals surface area contributed by atoms with E-state index in [4.69, 9.17) is 9.47 Å². The molecule has 1 aliphatic heterocycles. The van der Waals surface area contributed by atoms with Gasteiger partial charge in [-0.05, 0) is 29.2 Å². The molecule has 28 heavy (non-hydrogen) atoms. The molecule has 1 aliphatic rings. The van der Waals surface area contributed by atoms with Gasteiger partial charge in [-0.1, -0.05) is 50.2 Å². The summed E-state index contributed by atoms with van der Waals surface area (Å²) in [6.45, 7) is 9.53. The molecule has 5 nitrogen and oxygen atoms in total. The average Bonchev–Trinajstić information content (AvgIpc) is 2.72. The van der Waals surface area contributed by atoms with E-state index in [-0.39, 0.29) is 12.5 Å². The topological polar surface area (TPSA) is 52.0 Å². The molecule has 0 atom stereocenters. The molecule has 1 heterocycles. The van der Waals surface area contributed by atoms with Gasteiger partial charge < -0.3 is 19.7 Å². The molecule has 2 N–H and O–H groups in total. The van der Waals surface area contributed by atoms with E-state index in [1.165, 1.54) is 16.0 Å². The van der Waals surface area contributed by atoms with Gasteiger partial charge in [-0.3, -0.25) is 4.79 Å². The molecule has 1 fully saturated rings. The summed E-state index contributed by atoms with van der Waals surface area (Å²) < 4.78 is 11.0. The lowest BCUT2D eigenvalue weighted by molar-refractivity contribution is -0.921. The van der Waals surface area contributed by atoms with Crippen LogP contribution < -0.4 is 15.0 Å². The first kappa shape index (κ1) is 20.4. The summed E-state index contributed by atoms with van der Waals surface area (Å²) in [6.07, 6.45) is 0. The fourth-order valence-electron chi connectivity index (χ4n) is 3.35. The molecule has 0 bridgehead atoms. The van der Waals surface area contributed by atoms with Crippen molar-refractivity contribution in [3.05, 3.63) is 65.2 Å². The fraction of sp³-hybridized carbons (Fsp3) is 0.435. The van der Waals surface area contributed by atoms with Crippen LogP contribution in [0.15, 0.2) is 48.5 Å². The van der Waals surface area contributed by atoms with Crippen molar-refractivity contribution in [2.24, 2.45) is 0 Å². The van der Waals surface area contributed by atoms with Gasteiger partial charge in [0.05, 0.1) is 13.2 Å². The lowest BCUT2D eigenvalue weighted by atomic mass is 10.0. The van der Waals surface area contributed by atoms with Crippen LogP contribution in [0.1, 0.15) is 36.5 Å². The molecule has 150 valence electrons. The van der Waals surface area contributed by atoms with Gasteiger partial charge in [-0.2, -0.15) is 0 Å². The Hall–Kier alpha value is -2.37. The van der Waals surface area contributed by atoms with Crippen LogP contribution >= 0.6 is 0 Å². The molecule has 0 saturated carbocycles. The third kappa shape index (κ3) is 6.08. The minimum Gasteiger partial charge on any atom is -0.484 e. The van der Waals surface area contributed by atoms with Crippen molar-refractivity contribution >= 4 is 5.91 Å². The molecule has 1 amide bonds. The first-order chi connectivity index (χ1) is 13.6. The van der Waals surface area contributed by atoms with Crippen LogP contribution in [0.5, 0.6) is 5.75 Å². The lowest BCUT2D eigenvalue weighted by Crippen LogP contribution is -3.12. The molecule has 1 saturated heterocycles. The SMILES string of the molecule is CC(C)c1ccc(OCC(=O)NCc2ccccc2C[NH+]2CCOCC2)cc1. The van der Waals surface area contributed by atoms with E-state index in [2.05, 4.69) is 37.4 Å². The number of quaternary nitrogens is 1. The van der Waals surface area contributed by atoms with E-state index in [0.29, 0.717) is 12.5 Å². The van der Waals surface area contributed by atoms with E-state index >= 15 is 0 Å². The highest BCUT2D eigenvalue weighted by Crippen LogP contribution is 2.18. The number of amides is 1. The first-order valence-corrected chi connectivity index (χ1v) is 10.1. The number of carbonyl (C=O) groups excluding carboxylic acids is 1. The quantitative estimate of drug-likeness (QED) is 0.732. The molecule has 0 spiro atoms. The average molecular weight is 384 g/mol. The maximum atomic E-state index is 12.2. The summed E-state index contributed by atoms with van der Waals surface area (Å²) in [7, 11) is 0. The van der Waals surface area contributed by atoms with Crippen LogP contribution in [-0.2, 0) is 22.6 Å². The fourth-order valence-corrected chi connectivity index (χ4v) is 3.35. The van der Waals surface area contributed by atoms with Gasteiger partial charge >= 0.3 is 0 Å². The van der Waals surface area contributed by atoms with Crippen molar-refractivity contribution in [3.8, 4) is 5.75 Å². The monoisotopic (exact) mass is 383 g/mol. The molecule has 2 aromatic carbocycles. The number of carbonyl (C=O) groups is 1.